The molecule has 86 valence electrons. The van der Waals surface area contributed by atoms with Gasteiger partial charge in [-0.1, -0.05) is 17.7 Å². The van der Waals surface area contributed by atoms with Crippen LogP contribution in [0.4, 0.5) is 8.78 Å². The summed E-state index contributed by atoms with van der Waals surface area (Å²) in [5.74, 6) is -1.07. The molecule has 3 heteroatoms. The second kappa shape index (κ2) is 4.34. The summed E-state index contributed by atoms with van der Waals surface area (Å²) in [4.78, 5) is 0. The molecule has 2 rings (SSSR count). The fourth-order valence-corrected chi connectivity index (χ4v) is 2.13. The maximum Gasteiger partial charge on any atom is 0.134 e. The van der Waals surface area contributed by atoms with Crippen LogP contribution in [0.2, 0.25) is 0 Å². The lowest BCUT2D eigenvalue weighted by Crippen LogP contribution is -2.16. The predicted molar refractivity (Wildman–Crippen MR) is 60.0 cm³/mol. The Hall–Kier alpha value is -1.22. The first-order chi connectivity index (χ1) is 7.61. The average Bonchev–Trinajstić information content (AvgIpc) is 2.77. The number of hydrogen-bond acceptors (Lipinski definition) is 1. The van der Waals surface area contributed by atoms with Crippen LogP contribution in [-0.4, -0.2) is 0 Å². The van der Waals surface area contributed by atoms with E-state index in [1.807, 2.05) is 6.08 Å². The van der Waals surface area contributed by atoms with Gasteiger partial charge in [0.1, 0.15) is 11.6 Å². The zero-order chi connectivity index (χ0) is 11.7. The smallest absolute Gasteiger partial charge is 0.134 e. The van der Waals surface area contributed by atoms with Crippen molar-refractivity contribution in [2.24, 2.45) is 5.73 Å². The minimum atomic E-state index is -0.637. The van der Waals surface area contributed by atoms with Crippen molar-refractivity contribution in [3.05, 3.63) is 46.5 Å². The Morgan fingerprint density at radius 2 is 2.06 bits per heavy atom. The first-order valence-corrected chi connectivity index (χ1v) is 5.50. The summed E-state index contributed by atoms with van der Waals surface area (Å²) < 4.78 is 27.4. The molecule has 1 atom stereocenters. The number of hydrogen-bond donors (Lipinski definition) is 1. The summed E-state index contributed by atoms with van der Waals surface area (Å²) in [5.41, 5.74) is 7.31. The highest BCUT2D eigenvalue weighted by molar-refractivity contribution is 5.34. The third-order valence-corrected chi connectivity index (χ3v) is 3.11. The van der Waals surface area contributed by atoms with E-state index in [2.05, 4.69) is 0 Å². The summed E-state index contributed by atoms with van der Waals surface area (Å²) in [5, 5.41) is 0. The van der Waals surface area contributed by atoms with Crippen LogP contribution in [0.1, 0.15) is 36.4 Å². The highest BCUT2D eigenvalue weighted by Gasteiger charge is 2.22. The number of halogens is 2. The van der Waals surface area contributed by atoms with Gasteiger partial charge in [0.2, 0.25) is 0 Å². The van der Waals surface area contributed by atoms with E-state index in [1.165, 1.54) is 12.1 Å². The molecule has 0 saturated carbocycles. The minimum Gasteiger partial charge on any atom is -0.320 e. The maximum atomic E-state index is 13.8. The Labute approximate surface area is 94.0 Å². The van der Waals surface area contributed by atoms with Gasteiger partial charge in [-0.15, -0.1) is 0 Å². The highest BCUT2D eigenvalue weighted by atomic mass is 19.1. The number of rotatable bonds is 2. The van der Waals surface area contributed by atoms with Crippen LogP contribution in [0.3, 0.4) is 0 Å². The Morgan fingerprint density at radius 1 is 1.31 bits per heavy atom. The lowest BCUT2D eigenvalue weighted by Gasteiger charge is -2.16. The largest absolute Gasteiger partial charge is 0.320 e. The van der Waals surface area contributed by atoms with Gasteiger partial charge in [0.15, 0.2) is 0 Å². The average molecular weight is 223 g/mol. The molecule has 1 aliphatic carbocycles. The van der Waals surface area contributed by atoms with Crippen molar-refractivity contribution in [3.63, 3.8) is 0 Å². The summed E-state index contributed by atoms with van der Waals surface area (Å²) in [6.45, 7) is 1.62. The Balaban J connectivity index is 2.42. The molecule has 0 spiro atoms. The quantitative estimate of drug-likeness (QED) is 0.764. The molecule has 0 bridgehead atoms. The molecular formula is C13H15F2N. The van der Waals surface area contributed by atoms with Gasteiger partial charge in [-0.2, -0.15) is 0 Å². The van der Waals surface area contributed by atoms with E-state index in [1.54, 1.807) is 6.92 Å². The van der Waals surface area contributed by atoms with Gasteiger partial charge in [-0.3, -0.25) is 0 Å². The summed E-state index contributed by atoms with van der Waals surface area (Å²) in [7, 11) is 0. The van der Waals surface area contributed by atoms with Crippen LogP contribution < -0.4 is 5.73 Å². The topological polar surface area (TPSA) is 26.0 Å². The molecular weight excluding hydrogens is 208 g/mol. The molecule has 1 aliphatic rings. The molecule has 0 aliphatic heterocycles. The van der Waals surface area contributed by atoms with Crippen LogP contribution in [0.25, 0.3) is 0 Å². The van der Waals surface area contributed by atoms with Crippen molar-refractivity contribution >= 4 is 0 Å². The third-order valence-electron chi connectivity index (χ3n) is 3.11. The number of benzene rings is 1. The zero-order valence-corrected chi connectivity index (χ0v) is 9.26. The molecule has 1 aromatic carbocycles. The molecule has 0 saturated heterocycles. The molecule has 0 amide bonds. The Bertz CT molecular complexity index is 438. The molecule has 0 radical (unpaired) electrons. The lowest BCUT2D eigenvalue weighted by molar-refractivity contribution is 0.534. The van der Waals surface area contributed by atoms with Gasteiger partial charge < -0.3 is 5.73 Å². The van der Waals surface area contributed by atoms with Gasteiger partial charge in [0.25, 0.3) is 0 Å². The highest BCUT2D eigenvalue weighted by Crippen LogP contribution is 2.32. The van der Waals surface area contributed by atoms with E-state index in [0.29, 0.717) is 5.56 Å². The maximum absolute atomic E-state index is 13.8. The van der Waals surface area contributed by atoms with E-state index in [9.17, 15) is 8.78 Å². The first kappa shape index (κ1) is 11.3. The van der Waals surface area contributed by atoms with Gasteiger partial charge in [-0.05, 0) is 37.8 Å². The normalized spacial score (nSPS) is 17.4. The summed E-state index contributed by atoms with van der Waals surface area (Å²) >= 11 is 0. The van der Waals surface area contributed by atoms with Crippen LogP contribution in [0.15, 0.2) is 23.8 Å². The number of nitrogens with two attached hydrogens (primary N) is 1. The minimum absolute atomic E-state index is 0.00755. The number of allylic oxidation sites excluding steroid dienone is 1. The van der Waals surface area contributed by atoms with Crippen molar-refractivity contribution in [1.82, 2.24) is 0 Å². The number of aryl methyl sites for hydroxylation is 1. The monoisotopic (exact) mass is 223 g/mol. The molecule has 2 N–H and O–H groups in total. The second-order valence-corrected chi connectivity index (χ2v) is 4.24. The van der Waals surface area contributed by atoms with Gasteiger partial charge >= 0.3 is 0 Å². The van der Waals surface area contributed by atoms with Crippen molar-refractivity contribution in [2.45, 2.75) is 32.2 Å². The van der Waals surface area contributed by atoms with Crippen molar-refractivity contribution in [1.29, 1.82) is 0 Å². The standard InChI is InChI=1S/C13H15F2N/c1-8-6-7-10(14)11(12(8)15)13(16)9-4-2-3-5-9/h4,6-7,13H,2-3,5,16H2,1H3. The Morgan fingerprint density at radius 3 is 2.69 bits per heavy atom. The van der Waals surface area contributed by atoms with Crippen LogP contribution >= 0.6 is 0 Å². The van der Waals surface area contributed by atoms with E-state index in [4.69, 9.17) is 5.73 Å². The molecule has 1 aromatic rings. The lowest BCUT2D eigenvalue weighted by atomic mass is 9.96. The second-order valence-electron chi connectivity index (χ2n) is 4.24. The van der Waals surface area contributed by atoms with Crippen molar-refractivity contribution in [3.8, 4) is 0 Å². The van der Waals surface area contributed by atoms with Gasteiger partial charge in [0, 0.05) is 5.56 Å². The molecule has 0 aromatic heterocycles. The fourth-order valence-electron chi connectivity index (χ4n) is 2.13. The van der Waals surface area contributed by atoms with Gasteiger partial charge in [-0.25, -0.2) is 8.78 Å². The SMILES string of the molecule is Cc1ccc(F)c(C(N)C2=CCCC2)c1F. The van der Waals surface area contributed by atoms with Gasteiger partial charge in [0.05, 0.1) is 6.04 Å². The van der Waals surface area contributed by atoms with Crippen LogP contribution in [0.5, 0.6) is 0 Å². The van der Waals surface area contributed by atoms with E-state index >= 15 is 0 Å². The first-order valence-electron chi connectivity index (χ1n) is 5.50. The van der Waals surface area contributed by atoms with Crippen LogP contribution in [-0.2, 0) is 0 Å². The zero-order valence-electron chi connectivity index (χ0n) is 9.26. The van der Waals surface area contributed by atoms with E-state index < -0.39 is 17.7 Å². The molecule has 0 heterocycles. The van der Waals surface area contributed by atoms with Crippen molar-refractivity contribution in [2.75, 3.05) is 0 Å². The summed E-state index contributed by atoms with van der Waals surface area (Å²) in [6.07, 6.45) is 4.82. The predicted octanol–water partition coefficient (Wildman–Crippen LogP) is 3.38. The van der Waals surface area contributed by atoms with E-state index in [0.717, 1.165) is 24.8 Å². The third kappa shape index (κ3) is 1.87. The molecule has 1 unspecified atom stereocenters. The summed E-state index contributed by atoms with van der Waals surface area (Å²) in [6, 6.07) is 2.08. The molecule has 0 fully saturated rings. The molecule has 1 nitrogen and oxygen atoms in total. The van der Waals surface area contributed by atoms with Crippen LogP contribution in [0, 0.1) is 18.6 Å². The van der Waals surface area contributed by atoms with E-state index in [-0.39, 0.29) is 5.56 Å². The van der Waals surface area contributed by atoms with Crippen molar-refractivity contribution < 1.29 is 8.78 Å². The molecule has 16 heavy (non-hydrogen) atoms. The Kier molecular flexibility index (Phi) is 3.06. The fraction of sp³-hybridized carbons (Fsp3) is 0.385.